The monoisotopic (exact) mass is 415 g/mol. The lowest BCUT2D eigenvalue weighted by atomic mass is 10.1. The van der Waals surface area contributed by atoms with Gasteiger partial charge in [0.05, 0.1) is 17.7 Å². The molecule has 1 N–H and O–H groups in total. The lowest BCUT2D eigenvalue weighted by molar-refractivity contribution is -0.135. The second kappa shape index (κ2) is 7.72. The minimum absolute atomic E-state index is 0.0831. The van der Waals surface area contributed by atoms with Gasteiger partial charge in [0.1, 0.15) is 16.4 Å². The summed E-state index contributed by atoms with van der Waals surface area (Å²) in [5, 5.41) is 10.9. The van der Waals surface area contributed by atoms with Gasteiger partial charge in [0.25, 0.3) is 0 Å². The Morgan fingerprint density at radius 1 is 1.16 bits per heavy atom. The quantitative estimate of drug-likeness (QED) is 0.695. The molecule has 0 saturated carbocycles. The van der Waals surface area contributed by atoms with Gasteiger partial charge in [0.15, 0.2) is 0 Å². The summed E-state index contributed by atoms with van der Waals surface area (Å²) in [5.74, 6) is -0.728. The van der Waals surface area contributed by atoms with Crippen molar-refractivity contribution >= 4 is 50.5 Å². The molecule has 0 atom stereocenters. The largest absolute Gasteiger partial charge is 0.506 e. The number of hydrogen-bond acceptors (Lipinski definition) is 5. The minimum Gasteiger partial charge on any atom is -0.506 e. The number of aliphatic hydroxyl groups excluding tert-OH is 1. The number of aliphatic hydroxyl groups is 1. The Balaban J connectivity index is 2.03. The first kappa shape index (κ1) is 17.5. The fraction of sp³-hybridized carbons (Fsp3) is 0.0526. The van der Waals surface area contributed by atoms with Gasteiger partial charge in [-0.05, 0) is 35.9 Å². The SMILES string of the molecule is COC(=O)C1=C(O)C(=Cc2ccc(Br)cc2)SC1=Nc1ccccc1. The summed E-state index contributed by atoms with van der Waals surface area (Å²) in [4.78, 5) is 17.1. The molecular weight excluding hydrogens is 402 g/mol. The standard InChI is InChI=1S/C19H14BrNO3S/c1-24-19(23)16-17(22)15(11-12-7-9-13(20)10-8-12)25-18(16)21-14-5-3-2-4-6-14/h2-11,22H,1H3. The van der Waals surface area contributed by atoms with Gasteiger partial charge in [-0.25, -0.2) is 9.79 Å². The highest BCUT2D eigenvalue weighted by atomic mass is 79.9. The number of ether oxygens (including phenoxy) is 1. The summed E-state index contributed by atoms with van der Waals surface area (Å²) in [5.41, 5.74) is 1.69. The highest BCUT2D eigenvalue weighted by Crippen LogP contribution is 2.40. The molecule has 1 aliphatic rings. The van der Waals surface area contributed by atoms with Crippen LogP contribution in [-0.4, -0.2) is 23.2 Å². The average molecular weight is 416 g/mol. The zero-order valence-electron chi connectivity index (χ0n) is 13.3. The van der Waals surface area contributed by atoms with Crippen LogP contribution in [0.5, 0.6) is 0 Å². The molecule has 25 heavy (non-hydrogen) atoms. The van der Waals surface area contributed by atoms with Gasteiger partial charge in [-0.1, -0.05) is 58.0 Å². The van der Waals surface area contributed by atoms with E-state index in [2.05, 4.69) is 20.9 Å². The Morgan fingerprint density at radius 3 is 2.48 bits per heavy atom. The molecule has 0 unspecified atom stereocenters. The van der Waals surface area contributed by atoms with Crippen molar-refractivity contribution in [2.45, 2.75) is 0 Å². The molecule has 2 aromatic carbocycles. The van der Waals surface area contributed by atoms with Crippen LogP contribution < -0.4 is 0 Å². The number of hydrogen-bond donors (Lipinski definition) is 1. The van der Waals surface area contributed by atoms with Crippen molar-refractivity contribution < 1.29 is 14.6 Å². The molecule has 1 heterocycles. The maximum atomic E-state index is 12.1. The summed E-state index contributed by atoms with van der Waals surface area (Å²) >= 11 is 4.63. The normalized spacial score (nSPS) is 17.4. The number of esters is 1. The molecule has 0 aliphatic carbocycles. The molecule has 3 rings (SSSR count). The first-order valence-electron chi connectivity index (χ1n) is 7.39. The summed E-state index contributed by atoms with van der Waals surface area (Å²) < 4.78 is 5.77. The molecule has 2 aromatic rings. The topological polar surface area (TPSA) is 58.9 Å². The summed E-state index contributed by atoms with van der Waals surface area (Å²) in [6.07, 6.45) is 1.81. The van der Waals surface area contributed by atoms with E-state index in [1.807, 2.05) is 60.7 Å². The van der Waals surface area contributed by atoms with E-state index in [0.717, 1.165) is 10.0 Å². The Labute approximate surface area is 158 Å². The van der Waals surface area contributed by atoms with E-state index in [9.17, 15) is 9.90 Å². The second-order valence-electron chi connectivity index (χ2n) is 5.13. The number of carbonyl (C=O) groups is 1. The number of para-hydroxylation sites is 1. The zero-order chi connectivity index (χ0) is 17.8. The second-order valence-corrected chi connectivity index (χ2v) is 7.08. The van der Waals surface area contributed by atoms with Crippen molar-refractivity contribution in [1.29, 1.82) is 0 Å². The number of rotatable bonds is 3. The van der Waals surface area contributed by atoms with Crippen LogP contribution in [0.25, 0.3) is 6.08 Å². The lowest BCUT2D eigenvalue weighted by Crippen LogP contribution is -2.10. The van der Waals surface area contributed by atoms with E-state index >= 15 is 0 Å². The Hall–Kier alpha value is -2.31. The van der Waals surface area contributed by atoms with Gasteiger partial charge in [-0.3, -0.25) is 0 Å². The van der Waals surface area contributed by atoms with Crippen LogP contribution in [0.1, 0.15) is 5.56 Å². The van der Waals surface area contributed by atoms with Crippen LogP contribution in [0.4, 0.5) is 5.69 Å². The van der Waals surface area contributed by atoms with Gasteiger partial charge in [-0.2, -0.15) is 0 Å². The third-order valence-electron chi connectivity index (χ3n) is 3.43. The number of methoxy groups -OCH3 is 1. The Bertz CT molecular complexity index is 887. The van der Waals surface area contributed by atoms with E-state index in [1.54, 1.807) is 0 Å². The van der Waals surface area contributed by atoms with E-state index in [0.29, 0.717) is 15.6 Å². The van der Waals surface area contributed by atoms with Crippen LogP contribution >= 0.6 is 27.7 Å². The van der Waals surface area contributed by atoms with Crippen LogP contribution in [-0.2, 0) is 9.53 Å². The predicted molar refractivity (Wildman–Crippen MR) is 105 cm³/mol. The molecule has 4 nitrogen and oxygen atoms in total. The van der Waals surface area contributed by atoms with Crippen LogP contribution in [0.15, 0.2) is 80.3 Å². The number of benzene rings is 2. The summed E-state index contributed by atoms with van der Waals surface area (Å²) in [6.45, 7) is 0. The van der Waals surface area contributed by atoms with E-state index < -0.39 is 5.97 Å². The zero-order valence-corrected chi connectivity index (χ0v) is 15.7. The number of aliphatic imine (C=N–C) groups is 1. The molecule has 0 amide bonds. The van der Waals surface area contributed by atoms with Gasteiger partial charge < -0.3 is 9.84 Å². The predicted octanol–water partition coefficient (Wildman–Crippen LogP) is 5.25. The van der Waals surface area contributed by atoms with Crippen molar-refractivity contribution in [3.05, 3.63) is 80.9 Å². The smallest absolute Gasteiger partial charge is 0.344 e. The fourth-order valence-corrected chi connectivity index (χ4v) is 3.52. The molecular formula is C19H14BrNO3S. The first-order valence-corrected chi connectivity index (χ1v) is 9.00. The van der Waals surface area contributed by atoms with Crippen molar-refractivity contribution in [3.8, 4) is 0 Å². The Kier molecular flexibility index (Phi) is 5.40. The molecule has 0 fully saturated rings. The third-order valence-corrected chi connectivity index (χ3v) is 4.98. The van der Waals surface area contributed by atoms with Crippen molar-refractivity contribution in [2.24, 2.45) is 4.99 Å². The molecule has 1 aliphatic heterocycles. The van der Waals surface area contributed by atoms with Crippen molar-refractivity contribution in [2.75, 3.05) is 7.11 Å². The average Bonchev–Trinajstić information content (AvgIpc) is 2.92. The molecule has 126 valence electrons. The minimum atomic E-state index is -0.612. The number of halogens is 1. The summed E-state index contributed by atoms with van der Waals surface area (Å²) in [7, 11) is 1.28. The number of nitrogens with zero attached hydrogens (tertiary/aromatic N) is 1. The third kappa shape index (κ3) is 4.03. The van der Waals surface area contributed by atoms with E-state index in [1.165, 1.54) is 18.9 Å². The lowest BCUT2D eigenvalue weighted by Gasteiger charge is -2.01. The highest BCUT2D eigenvalue weighted by molar-refractivity contribution is 9.10. The fourth-order valence-electron chi connectivity index (χ4n) is 2.22. The van der Waals surface area contributed by atoms with Gasteiger partial charge in [0, 0.05) is 4.47 Å². The van der Waals surface area contributed by atoms with Gasteiger partial charge >= 0.3 is 5.97 Å². The molecule has 0 radical (unpaired) electrons. The van der Waals surface area contributed by atoms with Gasteiger partial charge in [-0.15, -0.1) is 0 Å². The molecule has 6 heteroatoms. The molecule has 0 saturated heterocycles. The van der Waals surface area contributed by atoms with E-state index in [4.69, 9.17) is 4.74 Å². The van der Waals surface area contributed by atoms with E-state index in [-0.39, 0.29) is 11.3 Å². The molecule has 0 aromatic heterocycles. The molecule has 0 bridgehead atoms. The van der Waals surface area contributed by atoms with Crippen LogP contribution in [0.3, 0.4) is 0 Å². The maximum Gasteiger partial charge on any atom is 0.344 e. The summed E-state index contributed by atoms with van der Waals surface area (Å²) in [6, 6.07) is 16.9. The van der Waals surface area contributed by atoms with Crippen LogP contribution in [0, 0.1) is 0 Å². The highest BCUT2D eigenvalue weighted by Gasteiger charge is 2.32. The number of thioether (sulfide) groups is 1. The maximum absolute atomic E-state index is 12.1. The number of carbonyl (C=O) groups excluding carboxylic acids is 1. The Morgan fingerprint density at radius 2 is 1.84 bits per heavy atom. The first-order chi connectivity index (χ1) is 12.1. The van der Waals surface area contributed by atoms with Crippen molar-refractivity contribution in [1.82, 2.24) is 0 Å². The van der Waals surface area contributed by atoms with Gasteiger partial charge in [0.2, 0.25) is 0 Å². The molecule has 0 spiro atoms. The van der Waals surface area contributed by atoms with Crippen LogP contribution in [0.2, 0.25) is 0 Å². The van der Waals surface area contributed by atoms with Crippen molar-refractivity contribution in [3.63, 3.8) is 0 Å².